The summed E-state index contributed by atoms with van der Waals surface area (Å²) in [6.07, 6.45) is 5.49. The van der Waals surface area contributed by atoms with Gasteiger partial charge in [0.15, 0.2) is 0 Å². The van der Waals surface area contributed by atoms with E-state index >= 15 is 0 Å². The first kappa shape index (κ1) is 15.0. The second-order valence-electron chi connectivity index (χ2n) is 5.51. The summed E-state index contributed by atoms with van der Waals surface area (Å²) in [7, 11) is 0. The van der Waals surface area contributed by atoms with E-state index in [4.69, 9.17) is 0 Å². The summed E-state index contributed by atoms with van der Waals surface area (Å²) in [5.74, 6) is 1.72. The predicted molar refractivity (Wildman–Crippen MR) is 70.3 cm³/mol. The lowest BCUT2D eigenvalue weighted by Gasteiger charge is -2.21. The van der Waals surface area contributed by atoms with Gasteiger partial charge >= 0.3 is 0 Å². The zero-order valence-corrected chi connectivity index (χ0v) is 11.6. The van der Waals surface area contributed by atoms with Crippen molar-refractivity contribution in [2.24, 2.45) is 11.8 Å². The Bertz CT molecular complexity index is 115. The highest BCUT2D eigenvalue weighted by Crippen LogP contribution is 2.07. The molecule has 0 aromatic carbocycles. The van der Waals surface area contributed by atoms with Crippen LogP contribution in [0.2, 0.25) is 0 Å². The maximum Gasteiger partial charge on any atom is -0.00188 e. The van der Waals surface area contributed by atoms with Crippen molar-refractivity contribution in [3.05, 3.63) is 0 Å². The summed E-state index contributed by atoms with van der Waals surface area (Å²) < 4.78 is 0. The predicted octanol–water partition coefficient (Wildman–Crippen LogP) is 4.18. The number of nitrogens with zero attached hydrogens (tertiary/aromatic N) is 1. The minimum atomic E-state index is 0.861. The van der Waals surface area contributed by atoms with E-state index in [-0.39, 0.29) is 0 Å². The van der Waals surface area contributed by atoms with Crippen LogP contribution in [-0.4, -0.2) is 24.5 Å². The summed E-state index contributed by atoms with van der Waals surface area (Å²) in [4.78, 5) is 2.60. The first-order chi connectivity index (χ1) is 7.06. The van der Waals surface area contributed by atoms with E-state index in [1.165, 1.54) is 45.3 Å². The lowest BCUT2D eigenvalue weighted by atomic mass is 10.1. The molecular weight excluding hydrogens is 182 g/mol. The van der Waals surface area contributed by atoms with Gasteiger partial charge in [0.2, 0.25) is 0 Å². The molecule has 0 radical (unpaired) electrons. The third-order valence-electron chi connectivity index (χ3n) is 2.96. The van der Waals surface area contributed by atoms with Crippen molar-refractivity contribution in [1.29, 1.82) is 0 Å². The van der Waals surface area contributed by atoms with Crippen LogP contribution in [0.3, 0.4) is 0 Å². The van der Waals surface area contributed by atoms with Crippen LogP contribution in [0.5, 0.6) is 0 Å². The minimum Gasteiger partial charge on any atom is -0.304 e. The average Bonchev–Trinajstić information content (AvgIpc) is 2.14. The van der Waals surface area contributed by atoms with Gasteiger partial charge in [0.25, 0.3) is 0 Å². The molecule has 1 nitrogen and oxygen atoms in total. The molecule has 0 spiro atoms. The third kappa shape index (κ3) is 10.2. The first-order valence-electron chi connectivity index (χ1n) is 6.78. The number of rotatable bonds is 9. The molecule has 0 amide bonds. The van der Waals surface area contributed by atoms with Crippen molar-refractivity contribution in [3.63, 3.8) is 0 Å². The molecule has 0 aliphatic rings. The van der Waals surface area contributed by atoms with E-state index in [0.29, 0.717) is 0 Å². The highest BCUT2D eigenvalue weighted by atomic mass is 15.1. The largest absolute Gasteiger partial charge is 0.304 e. The molecule has 0 saturated carbocycles. The summed E-state index contributed by atoms with van der Waals surface area (Å²) >= 11 is 0. The standard InChI is InChI=1S/C14H31N/c1-6-15(11-7-9-13(2)3)12-8-10-14(4)5/h13-14H,6-12H2,1-5H3. The lowest BCUT2D eigenvalue weighted by Crippen LogP contribution is -2.26. The third-order valence-corrected chi connectivity index (χ3v) is 2.96. The molecule has 0 atom stereocenters. The van der Waals surface area contributed by atoms with Gasteiger partial charge in [0.1, 0.15) is 0 Å². The van der Waals surface area contributed by atoms with Gasteiger partial charge in [-0.15, -0.1) is 0 Å². The Kier molecular flexibility index (Phi) is 9.18. The summed E-state index contributed by atoms with van der Waals surface area (Å²) in [5, 5.41) is 0. The smallest absolute Gasteiger partial charge is 0.00188 e. The Morgan fingerprint density at radius 2 is 1.20 bits per heavy atom. The van der Waals surface area contributed by atoms with E-state index in [1.54, 1.807) is 0 Å². The zero-order chi connectivity index (χ0) is 11.7. The van der Waals surface area contributed by atoms with Crippen LogP contribution in [-0.2, 0) is 0 Å². The molecule has 0 unspecified atom stereocenters. The first-order valence-corrected chi connectivity index (χ1v) is 6.78. The van der Waals surface area contributed by atoms with E-state index in [1.807, 2.05) is 0 Å². The minimum absolute atomic E-state index is 0.861. The molecule has 92 valence electrons. The Balaban J connectivity index is 3.46. The van der Waals surface area contributed by atoms with E-state index in [0.717, 1.165) is 11.8 Å². The van der Waals surface area contributed by atoms with Crippen molar-refractivity contribution in [2.45, 2.75) is 60.3 Å². The molecule has 0 heterocycles. The Morgan fingerprint density at radius 3 is 1.47 bits per heavy atom. The molecule has 15 heavy (non-hydrogen) atoms. The quantitative estimate of drug-likeness (QED) is 0.555. The summed E-state index contributed by atoms with van der Waals surface area (Å²) in [5.41, 5.74) is 0. The van der Waals surface area contributed by atoms with Gasteiger partial charge in [-0.1, -0.05) is 34.6 Å². The molecule has 0 fully saturated rings. The lowest BCUT2D eigenvalue weighted by molar-refractivity contribution is 0.266. The fraction of sp³-hybridized carbons (Fsp3) is 1.00. The van der Waals surface area contributed by atoms with Crippen LogP contribution in [0.25, 0.3) is 0 Å². The Morgan fingerprint density at radius 1 is 0.800 bits per heavy atom. The molecule has 0 aliphatic heterocycles. The van der Waals surface area contributed by atoms with Crippen LogP contribution in [0.15, 0.2) is 0 Å². The molecule has 1 heteroatoms. The van der Waals surface area contributed by atoms with Crippen molar-refractivity contribution in [3.8, 4) is 0 Å². The van der Waals surface area contributed by atoms with Crippen molar-refractivity contribution in [2.75, 3.05) is 19.6 Å². The summed E-state index contributed by atoms with van der Waals surface area (Å²) in [6.45, 7) is 15.4. The maximum atomic E-state index is 2.60. The van der Waals surface area contributed by atoms with Crippen LogP contribution in [0.4, 0.5) is 0 Å². The van der Waals surface area contributed by atoms with Crippen molar-refractivity contribution < 1.29 is 0 Å². The van der Waals surface area contributed by atoms with Gasteiger partial charge < -0.3 is 4.90 Å². The molecule has 0 aliphatic carbocycles. The molecule has 0 aromatic heterocycles. The molecule has 0 N–H and O–H groups in total. The van der Waals surface area contributed by atoms with Crippen molar-refractivity contribution in [1.82, 2.24) is 4.90 Å². The van der Waals surface area contributed by atoms with E-state index in [9.17, 15) is 0 Å². The Labute approximate surface area is 97.2 Å². The topological polar surface area (TPSA) is 3.24 Å². The summed E-state index contributed by atoms with van der Waals surface area (Å²) in [6, 6.07) is 0. The molecule has 0 aromatic rings. The van der Waals surface area contributed by atoms with Crippen LogP contribution < -0.4 is 0 Å². The highest BCUT2D eigenvalue weighted by Gasteiger charge is 2.03. The monoisotopic (exact) mass is 213 g/mol. The van der Waals surface area contributed by atoms with Gasteiger partial charge in [-0.2, -0.15) is 0 Å². The van der Waals surface area contributed by atoms with Gasteiger partial charge in [-0.05, 0) is 57.2 Å². The van der Waals surface area contributed by atoms with Gasteiger partial charge in [-0.3, -0.25) is 0 Å². The van der Waals surface area contributed by atoms with E-state index in [2.05, 4.69) is 39.5 Å². The van der Waals surface area contributed by atoms with Crippen LogP contribution in [0.1, 0.15) is 60.3 Å². The SMILES string of the molecule is CCN(CCCC(C)C)CCCC(C)C. The second-order valence-corrected chi connectivity index (χ2v) is 5.51. The molecule has 0 bridgehead atoms. The van der Waals surface area contributed by atoms with Gasteiger partial charge in [0.05, 0.1) is 0 Å². The highest BCUT2D eigenvalue weighted by molar-refractivity contribution is 4.58. The van der Waals surface area contributed by atoms with Gasteiger partial charge in [-0.25, -0.2) is 0 Å². The van der Waals surface area contributed by atoms with Crippen LogP contribution in [0, 0.1) is 11.8 Å². The van der Waals surface area contributed by atoms with Crippen LogP contribution >= 0.6 is 0 Å². The fourth-order valence-electron chi connectivity index (χ4n) is 1.87. The maximum absolute atomic E-state index is 2.60. The van der Waals surface area contributed by atoms with E-state index < -0.39 is 0 Å². The average molecular weight is 213 g/mol. The number of hydrogen-bond acceptors (Lipinski definition) is 1. The zero-order valence-electron chi connectivity index (χ0n) is 11.6. The second kappa shape index (κ2) is 9.21. The Hall–Kier alpha value is -0.0400. The van der Waals surface area contributed by atoms with Gasteiger partial charge in [0, 0.05) is 0 Å². The molecular formula is C14H31N. The fourth-order valence-corrected chi connectivity index (χ4v) is 1.87. The number of hydrogen-bond donors (Lipinski definition) is 0. The molecule has 0 rings (SSSR count). The molecule has 0 saturated heterocycles. The normalized spacial score (nSPS) is 12.0. The van der Waals surface area contributed by atoms with Crippen molar-refractivity contribution >= 4 is 0 Å².